The molecule has 0 saturated carbocycles. The van der Waals surface area contributed by atoms with Crippen molar-refractivity contribution in [3.8, 4) is 0 Å². The van der Waals surface area contributed by atoms with Crippen LogP contribution in [-0.4, -0.2) is 59.2 Å². The molecule has 2 bridgehead atoms. The molecule has 4 atom stereocenters. The number of benzene rings is 1. The molecule has 10 nitrogen and oxygen atoms in total. The Kier molecular flexibility index (Phi) is 11.9. The summed E-state index contributed by atoms with van der Waals surface area (Å²) in [7, 11) is 0. The highest BCUT2D eigenvalue weighted by Gasteiger charge is 2.29. The van der Waals surface area contributed by atoms with Gasteiger partial charge in [-0.3, -0.25) is 19.2 Å². The summed E-state index contributed by atoms with van der Waals surface area (Å²) in [5, 5.41) is 19.1. The standard InChI is InChI=1S/C27H41N5O5/c1-16(2)10-21-23(33)13-25(35)31-22(11-17(3)4)27(37)30-15-19-7-5-6-18(12-19)14-29-24(34)9-8-20(28)26(36)32-21/h5-7,12,15-17,20-23,33H,8-11,13-14,28H2,1-4H3,(H,29,34)(H,31,35)(H,32,36)/t20-,21-,22-,23-/m0/s1. The minimum atomic E-state index is -1.19. The fraction of sp³-hybridized carbons (Fsp3) is 0.593. The summed E-state index contributed by atoms with van der Waals surface area (Å²) >= 11 is 0. The van der Waals surface area contributed by atoms with Crippen LogP contribution in [0, 0.1) is 11.8 Å². The van der Waals surface area contributed by atoms with Crippen LogP contribution in [0.1, 0.15) is 70.9 Å². The molecule has 1 aliphatic heterocycles. The SMILES string of the molecule is CC(C)C[C@@H]1NC(=O)C[C@H](O)[C@H](CC(C)C)NC(=O)[C@@H](N)CCC(=O)NCc2cccc(c2)C=NC1=O. The van der Waals surface area contributed by atoms with Crippen molar-refractivity contribution in [2.45, 2.75) is 90.6 Å². The van der Waals surface area contributed by atoms with Crippen molar-refractivity contribution in [3.63, 3.8) is 0 Å². The Morgan fingerprint density at radius 1 is 1.03 bits per heavy atom. The maximum Gasteiger partial charge on any atom is 0.268 e. The molecule has 1 aromatic carbocycles. The summed E-state index contributed by atoms with van der Waals surface area (Å²) < 4.78 is 0. The molecule has 0 spiro atoms. The molecule has 10 heteroatoms. The van der Waals surface area contributed by atoms with Gasteiger partial charge < -0.3 is 26.8 Å². The van der Waals surface area contributed by atoms with Crippen molar-refractivity contribution in [2.75, 3.05) is 0 Å². The van der Waals surface area contributed by atoms with Gasteiger partial charge in [0, 0.05) is 19.2 Å². The van der Waals surface area contributed by atoms with Gasteiger partial charge in [0.05, 0.1) is 24.6 Å². The zero-order valence-corrected chi connectivity index (χ0v) is 22.2. The first-order valence-electron chi connectivity index (χ1n) is 12.9. The van der Waals surface area contributed by atoms with Gasteiger partial charge in [0.2, 0.25) is 17.7 Å². The Hall–Kier alpha value is -3.11. The summed E-state index contributed by atoms with van der Waals surface area (Å²) in [6.45, 7) is 8.01. The molecular weight excluding hydrogens is 474 g/mol. The monoisotopic (exact) mass is 515 g/mol. The number of aliphatic hydroxyl groups excluding tert-OH is 1. The van der Waals surface area contributed by atoms with Crippen LogP contribution in [0.25, 0.3) is 0 Å². The van der Waals surface area contributed by atoms with Gasteiger partial charge in [0.15, 0.2) is 0 Å². The van der Waals surface area contributed by atoms with Gasteiger partial charge in [-0.2, -0.15) is 0 Å². The number of nitrogens with two attached hydrogens (primary N) is 1. The van der Waals surface area contributed by atoms with Gasteiger partial charge >= 0.3 is 0 Å². The first-order chi connectivity index (χ1) is 17.4. The summed E-state index contributed by atoms with van der Waals surface area (Å²) in [4.78, 5) is 54.8. The Balaban J connectivity index is 2.32. The third-order valence-corrected chi connectivity index (χ3v) is 6.05. The molecule has 0 saturated heterocycles. The fourth-order valence-electron chi connectivity index (χ4n) is 4.11. The molecule has 0 radical (unpaired) electrons. The molecule has 0 fully saturated rings. The minimum Gasteiger partial charge on any atom is -0.390 e. The van der Waals surface area contributed by atoms with Crippen LogP contribution in [0.4, 0.5) is 0 Å². The molecule has 4 amide bonds. The first kappa shape index (κ1) is 30.1. The third kappa shape index (κ3) is 10.8. The van der Waals surface area contributed by atoms with Gasteiger partial charge in [-0.25, -0.2) is 4.99 Å². The van der Waals surface area contributed by atoms with Crippen LogP contribution in [0.3, 0.4) is 0 Å². The lowest BCUT2D eigenvalue weighted by Gasteiger charge is -2.27. The van der Waals surface area contributed by atoms with E-state index in [1.54, 1.807) is 18.2 Å². The average molecular weight is 516 g/mol. The van der Waals surface area contributed by atoms with E-state index in [0.717, 1.165) is 5.56 Å². The zero-order chi connectivity index (χ0) is 27.5. The van der Waals surface area contributed by atoms with E-state index < -0.39 is 42.0 Å². The molecule has 1 aliphatic rings. The van der Waals surface area contributed by atoms with Gasteiger partial charge in [0.1, 0.15) is 6.04 Å². The predicted octanol–water partition coefficient (Wildman–Crippen LogP) is 1.18. The largest absolute Gasteiger partial charge is 0.390 e. The Bertz CT molecular complexity index is 978. The third-order valence-electron chi connectivity index (χ3n) is 6.05. The van der Waals surface area contributed by atoms with E-state index in [-0.39, 0.29) is 43.6 Å². The second-order valence-corrected chi connectivity index (χ2v) is 10.5. The Morgan fingerprint density at radius 2 is 1.73 bits per heavy atom. The highest BCUT2D eigenvalue weighted by atomic mass is 16.3. The van der Waals surface area contributed by atoms with Gasteiger partial charge in [0.25, 0.3) is 5.91 Å². The number of amides is 4. The van der Waals surface area contributed by atoms with Crippen LogP contribution < -0.4 is 21.7 Å². The van der Waals surface area contributed by atoms with E-state index in [0.29, 0.717) is 18.4 Å². The lowest BCUT2D eigenvalue weighted by Crippen LogP contribution is -2.52. The number of hydrogen-bond acceptors (Lipinski definition) is 6. The van der Waals surface area contributed by atoms with E-state index in [1.165, 1.54) is 6.21 Å². The van der Waals surface area contributed by atoms with E-state index in [2.05, 4.69) is 20.9 Å². The fourth-order valence-corrected chi connectivity index (χ4v) is 4.11. The number of aliphatic imine (C=N–C) groups is 1. The van der Waals surface area contributed by atoms with Crippen molar-refractivity contribution in [1.29, 1.82) is 0 Å². The van der Waals surface area contributed by atoms with E-state index >= 15 is 0 Å². The summed E-state index contributed by atoms with van der Waals surface area (Å²) in [5.74, 6) is -1.52. The predicted molar refractivity (Wildman–Crippen MR) is 141 cm³/mol. The number of hydrogen-bond donors (Lipinski definition) is 5. The number of rotatable bonds is 4. The lowest BCUT2D eigenvalue weighted by molar-refractivity contribution is -0.130. The van der Waals surface area contributed by atoms with Crippen molar-refractivity contribution < 1.29 is 24.3 Å². The number of nitrogens with one attached hydrogen (secondary N) is 3. The van der Waals surface area contributed by atoms with Crippen molar-refractivity contribution >= 4 is 29.8 Å². The number of carbonyl (C=O) groups excluding carboxylic acids is 4. The van der Waals surface area contributed by atoms with Crippen LogP contribution in [0.5, 0.6) is 0 Å². The number of aliphatic hydroxyl groups is 1. The lowest BCUT2D eigenvalue weighted by atomic mass is 9.96. The van der Waals surface area contributed by atoms with Gasteiger partial charge in [-0.05, 0) is 48.3 Å². The van der Waals surface area contributed by atoms with E-state index in [1.807, 2.05) is 33.8 Å². The molecule has 204 valence electrons. The molecule has 1 aromatic rings. The van der Waals surface area contributed by atoms with Crippen LogP contribution in [-0.2, 0) is 25.7 Å². The van der Waals surface area contributed by atoms with Gasteiger partial charge in [-0.1, -0.05) is 45.9 Å². The molecule has 0 aromatic heterocycles. The number of nitrogens with zero attached hydrogens (tertiary/aromatic N) is 1. The Labute approximate surface area is 218 Å². The van der Waals surface area contributed by atoms with Gasteiger partial charge in [-0.15, -0.1) is 0 Å². The number of fused-ring (bicyclic) bond motifs is 2. The van der Waals surface area contributed by atoms with Crippen molar-refractivity contribution in [3.05, 3.63) is 35.4 Å². The normalized spacial score (nSPS) is 25.0. The van der Waals surface area contributed by atoms with E-state index in [9.17, 15) is 24.3 Å². The number of carbonyl (C=O) groups is 4. The molecular formula is C27H41N5O5. The van der Waals surface area contributed by atoms with Crippen LogP contribution >= 0.6 is 0 Å². The summed E-state index contributed by atoms with van der Waals surface area (Å²) in [5.41, 5.74) is 7.52. The molecule has 0 unspecified atom stereocenters. The van der Waals surface area contributed by atoms with Crippen molar-refractivity contribution in [1.82, 2.24) is 16.0 Å². The maximum absolute atomic E-state index is 12.9. The smallest absolute Gasteiger partial charge is 0.268 e. The van der Waals surface area contributed by atoms with Crippen LogP contribution in [0.2, 0.25) is 0 Å². The highest BCUT2D eigenvalue weighted by Crippen LogP contribution is 2.14. The Morgan fingerprint density at radius 3 is 2.41 bits per heavy atom. The van der Waals surface area contributed by atoms with E-state index in [4.69, 9.17) is 5.73 Å². The quantitative estimate of drug-likeness (QED) is 0.404. The zero-order valence-electron chi connectivity index (χ0n) is 22.2. The minimum absolute atomic E-state index is 0.0568. The molecule has 2 rings (SSSR count). The molecule has 37 heavy (non-hydrogen) atoms. The maximum atomic E-state index is 12.9. The topological polar surface area (TPSA) is 163 Å². The van der Waals surface area contributed by atoms with Crippen molar-refractivity contribution in [2.24, 2.45) is 22.6 Å². The molecule has 6 N–H and O–H groups in total. The second-order valence-electron chi connectivity index (χ2n) is 10.5. The average Bonchev–Trinajstić information content (AvgIpc) is 2.82. The summed E-state index contributed by atoms with van der Waals surface area (Å²) in [6.07, 6.45) is 0.939. The second kappa shape index (κ2) is 14.6. The highest BCUT2D eigenvalue weighted by molar-refractivity contribution is 5.96. The van der Waals surface area contributed by atoms with Crippen LogP contribution in [0.15, 0.2) is 29.3 Å². The summed E-state index contributed by atoms with van der Waals surface area (Å²) in [6, 6.07) is 4.71. The molecule has 1 heterocycles. The first-order valence-corrected chi connectivity index (χ1v) is 12.9. The molecule has 0 aliphatic carbocycles.